The van der Waals surface area contributed by atoms with Gasteiger partial charge in [-0.2, -0.15) is 0 Å². The smallest absolute Gasteiger partial charge is 0.319 e. The first kappa shape index (κ1) is 17.0. The third-order valence-corrected chi connectivity index (χ3v) is 3.98. The van der Waals surface area contributed by atoms with Crippen LogP contribution in [0.25, 0.3) is 0 Å². The van der Waals surface area contributed by atoms with Gasteiger partial charge in [0.05, 0.1) is 19.7 Å². The summed E-state index contributed by atoms with van der Waals surface area (Å²) in [6.07, 6.45) is 4.57. The number of rotatable bonds is 5. The maximum atomic E-state index is 12.6. The number of carbonyl (C=O) groups is 2. The number of nitrogens with zero attached hydrogens (tertiary/aromatic N) is 2. The molecular weight excluding hydrogens is 256 g/mol. The highest BCUT2D eigenvalue weighted by Crippen LogP contribution is 2.14. The van der Waals surface area contributed by atoms with Crippen LogP contribution in [0.1, 0.15) is 46.5 Å². The quantitative estimate of drug-likeness (QED) is 0.721. The molecule has 1 rings (SSSR count). The van der Waals surface area contributed by atoms with E-state index in [0.29, 0.717) is 0 Å². The summed E-state index contributed by atoms with van der Waals surface area (Å²) in [4.78, 5) is 27.9. The van der Waals surface area contributed by atoms with Crippen molar-refractivity contribution in [2.75, 3.05) is 26.7 Å². The molecule has 1 atom stereocenters. The maximum Gasteiger partial charge on any atom is 0.319 e. The lowest BCUT2D eigenvalue weighted by Crippen LogP contribution is -2.51. The summed E-state index contributed by atoms with van der Waals surface area (Å²) in [7, 11) is 1.38. The van der Waals surface area contributed by atoms with E-state index in [1.807, 2.05) is 30.6 Å². The SMILES string of the molecule is COC(=O)CN(C(C)C)C(C)C(=O)N1CCCCCC1. The number of hydrogen-bond donors (Lipinski definition) is 0. The van der Waals surface area contributed by atoms with Crippen LogP contribution in [0.2, 0.25) is 0 Å². The molecule has 1 saturated heterocycles. The minimum Gasteiger partial charge on any atom is -0.468 e. The first-order valence-electron chi connectivity index (χ1n) is 7.58. The number of methoxy groups -OCH3 is 1. The standard InChI is InChI=1S/C15H28N2O3/c1-12(2)17(11-14(18)20-4)13(3)15(19)16-9-7-5-6-8-10-16/h12-13H,5-11H2,1-4H3. The van der Waals surface area contributed by atoms with E-state index in [2.05, 4.69) is 0 Å². The molecular formula is C15H28N2O3. The molecule has 0 aromatic rings. The summed E-state index contributed by atoms with van der Waals surface area (Å²) >= 11 is 0. The van der Waals surface area contributed by atoms with Gasteiger partial charge in [-0.25, -0.2) is 0 Å². The molecule has 20 heavy (non-hydrogen) atoms. The highest BCUT2D eigenvalue weighted by atomic mass is 16.5. The molecule has 0 aliphatic carbocycles. The fourth-order valence-corrected chi connectivity index (χ4v) is 2.68. The van der Waals surface area contributed by atoms with Gasteiger partial charge in [0, 0.05) is 19.1 Å². The molecule has 0 spiro atoms. The number of ether oxygens (including phenoxy) is 1. The zero-order chi connectivity index (χ0) is 15.1. The van der Waals surface area contributed by atoms with Crippen LogP contribution in [0.4, 0.5) is 0 Å². The molecule has 5 nitrogen and oxygen atoms in total. The molecule has 0 bridgehead atoms. The Labute approximate surface area is 122 Å². The number of likely N-dealkylation sites (tertiary alicyclic amines) is 1. The molecule has 5 heteroatoms. The zero-order valence-corrected chi connectivity index (χ0v) is 13.2. The second-order valence-corrected chi connectivity index (χ2v) is 5.76. The Balaban J connectivity index is 2.69. The van der Waals surface area contributed by atoms with Crippen LogP contribution in [0, 0.1) is 0 Å². The van der Waals surface area contributed by atoms with E-state index in [4.69, 9.17) is 4.74 Å². The zero-order valence-electron chi connectivity index (χ0n) is 13.2. The Morgan fingerprint density at radius 2 is 1.65 bits per heavy atom. The van der Waals surface area contributed by atoms with Crippen LogP contribution in [0.3, 0.4) is 0 Å². The molecule has 1 aliphatic rings. The van der Waals surface area contributed by atoms with Gasteiger partial charge in [-0.3, -0.25) is 14.5 Å². The lowest BCUT2D eigenvalue weighted by Gasteiger charge is -2.34. The van der Waals surface area contributed by atoms with E-state index < -0.39 is 0 Å². The van der Waals surface area contributed by atoms with Crippen LogP contribution in [-0.2, 0) is 14.3 Å². The first-order valence-corrected chi connectivity index (χ1v) is 7.58. The Morgan fingerprint density at radius 3 is 2.10 bits per heavy atom. The fourth-order valence-electron chi connectivity index (χ4n) is 2.68. The summed E-state index contributed by atoms with van der Waals surface area (Å²) in [5, 5.41) is 0. The van der Waals surface area contributed by atoms with Crippen molar-refractivity contribution < 1.29 is 14.3 Å². The second kappa shape index (κ2) is 8.25. The van der Waals surface area contributed by atoms with Crippen molar-refractivity contribution in [3.8, 4) is 0 Å². The van der Waals surface area contributed by atoms with Crippen molar-refractivity contribution in [2.45, 2.75) is 58.5 Å². The molecule has 0 aromatic heterocycles. The van der Waals surface area contributed by atoms with E-state index in [1.165, 1.54) is 20.0 Å². The molecule has 1 aliphatic heterocycles. The molecule has 0 saturated carbocycles. The van der Waals surface area contributed by atoms with Gasteiger partial charge in [-0.15, -0.1) is 0 Å². The fraction of sp³-hybridized carbons (Fsp3) is 0.867. The highest BCUT2D eigenvalue weighted by molar-refractivity contribution is 5.82. The van der Waals surface area contributed by atoms with Crippen molar-refractivity contribution in [2.24, 2.45) is 0 Å². The van der Waals surface area contributed by atoms with Gasteiger partial charge in [-0.05, 0) is 33.6 Å². The average Bonchev–Trinajstić information content (AvgIpc) is 2.71. The van der Waals surface area contributed by atoms with Crippen molar-refractivity contribution in [3.05, 3.63) is 0 Å². The second-order valence-electron chi connectivity index (χ2n) is 5.76. The molecule has 1 fully saturated rings. The molecule has 1 unspecified atom stereocenters. The number of amides is 1. The van der Waals surface area contributed by atoms with Crippen LogP contribution < -0.4 is 0 Å². The molecule has 0 N–H and O–H groups in total. The van der Waals surface area contributed by atoms with Gasteiger partial charge >= 0.3 is 5.97 Å². The normalized spacial score (nSPS) is 18.0. The van der Waals surface area contributed by atoms with Crippen LogP contribution in [0.15, 0.2) is 0 Å². The van der Waals surface area contributed by atoms with Crippen LogP contribution >= 0.6 is 0 Å². The predicted octanol–water partition coefficient (Wildman–Crippen LogP) is 1.66. The summed E-state index contributed by atoms with van der Waals surface area (Å²) < 4.78 is 4.72. The van der Waals surface area contributed by atoms with E-state index in [-0.39, 0.29) is 30.5 Å². The van der Waals surface area contributed by atoms with Gasteiger partial charge in [0.15, 0.2) is 0 Å². The van der Waals surface area contributed by atoms with Gasteiger partial charge in [0.25, 0.3) is 0 Å². The third-order valence-electron chi connectivity index (χ3n) is 3.98. The van der Waals surface area contributed by atoms with Crippen molar-refractivity contribution in [3.63, 3.8) is 0 Å². The first-order chi connectivity index (χ1) is 9.47. The van der Waals surface area contributed by atoms with Crippen molar-refractivity contribution in [1.29, 1.82) is 0 Å². The minimum absolute atomic E-state index is 0.125. The van der Waals surface area contributed by atoms with E-state index >= 15 is 0 Å². The molecule has 116 valence electrons. The van der Waals surface area contributed by atoms with Gasteiger partial charge in [0.2, 0.25) is 5.91 Å². The minimum atomic E-state index is -0.297. The van der Waals surface area contributed by atoms with Gasteiger partial charge < -0.3 is 9.64 Å². The summed E-state index contributed by atoms with van der Waals surface area (Å²) in [5.74, 6) is -0.168. The number of carbonyl (C=O) groups excluding carboxylic acids is 2. The summed E-state index contributed by atoms with van der Waals surface area (Å²) in [5.41, 5.74) is 0. The largest absolute Gasteiger partial charge is 0.468 e. The monoisotopic (exact) mass is 284 g/mol. The Hall–Kier alpha value is -1.10. The van der Waals surface area contributed by atoms with Gasteiger partial charge in [0.1, 0.15) is 0 Å². The number of hydrogen-bond acceptors (Lipinski definition) is 4. The third kappa shape index (κ3) is 4.78. The average molecular weight is 284 g/mol. The molecule has 1 heterocycles. The molecule has 0 aromatic carbocycles. The number of esters is 1. The van der Waals surface area contributed by atoms with E-state index in [9.17, 15) is 9.59 Å². The predicted molar refractivity (Wildman–Crippen MR) is 78.4 cm³/mol. The van der Waals surface area contributed by atoms with Crippen LogP contribution in [-0.4, -0.2) is 60.5 Å². The van der Waals surface area contributed by atoms with Crippen molar-refractivity contribution in [1.82, 2.24) is 9.80 Å². The molecule has 0 radical (unpaired) electrons. The lowest BCUT2D eigenvalue weighted by atomic mass is 10.2. The lowest BCUT2D eigenvalue weighted by molar-refractivity contribution is -0.145. The Kier molecular flexibility index (Phi) is 6.99. The van der Waals surface area contributed by atoms with E-state index in [1.54, 1.807) is 0 Å². The highest BCUT2D eigenvalue weighted by Gasteiger charge is 2.29. The topological polar surface area (TPSA) is 49.9 Å². The summed E-state index contributed by atoms with van der Waals surface area (Å²) in [6, 6.07) is -0.160. The van der Waals surface area contributed by atoms with Crippen molar-refractivity contribution >= 4 is 11.9 Å². The van der Waals surface area contributed by atoms with Gasteiger partial charge in [-0.1, -0.05) is 12.8 Å². The summed E-state index contributed by atoms with van der Waals surface area (Å²) in [6.45, 7) is 7.72. The van der Waals surface area contributed by atoms with Crippen LogP contribution in [0.5, 0.6) is 0 Å². The maximum absolute atomic E-state index is 12.6. The van der Waals surface area contributed by atoms with E-state index in [0.717, 1.165) is 25.9 Å². The Morgan fingerprint density at radius 1 is 1.10 bits per heavy atom. The molecule has 1 amide bonds. The Bertz CT molecular complexity index is 323.